The van der Waals surface area contributed by atoms with Gasteiger partial charge in [-0.25, -0.2) is 8.42 Å². The lowest BCUT2D eigenvalue weighted by Crippen LogP contribution is -2.20. The second kappa shape index (κ2) is 6.33. The van der Waals surface area contributed by atoms with Crippen molar-refractivity contribution in [3.05, 3.63) is 23.8 Å². The molecule has 0 atom stereocenters. The second-order valence-electron chi connectivity index (χ2n) is 3.30. The maximum atomic E-state index is 12.2. The summed E-state index contributed by atoms with van der Waals surface area (Å²) < 4.78 is 53.5. The SMILES string of the molecule is CCOc1ccc(NS(=O)(=O)C(F)F)cc1CBr. The molecule has 1 N–H and O–H groups in total. The van der Waals surface area contributed by atoms with E-state index in [1.165, 1.54) is 18.2 Å². The highest BCUT2D eigenvalue weighted by Crippen LogP contribution is 2.26. The molecule has 0 saturated carbocycles. The Hall–Kier alpha value is -0.890. The van der Waals surface area contributed by atoms with Crippen molar-refractivity contribution in [2.45, 2.75) is 18.0 Å². The zero-order valence-electron chi connectivity index (χ0n) is 9.49. The van der Waals surface area contributed by atoms with Gasteiger partial charge in [0.05, 0.1) is 6.61 Å². The maximum absolute atomic E-state index is 12.2. The number of sulfonamides is 1. The van der Waals surface area contributed by atoms with E-state index in [9.17, 15) is 17.2 Å². The van der Waals surface area contributed by atoms with Crippen LogP contribution < -0.4 is 9.46 Å². The summed E-state index contributed by atoms with van der Waals surface area (Å²) >= 11 is 3.22. The molecule has 0 bridgehead atoms. The fourth-order valence-electron chi connectivity index (χ4n) is 1.25. The summed E-state index contributed by atoms with van der Waals surface area (Å²) in [5.41, 5.74) is 0.750. The predicted octanol–water partition coefficient (Wildman–Crippen LogP) is 2.94. The molecule has 0 radical (unpaired) electrons. The van der Waals surface area contributed by atoms with E-state index in [1.54, 1.807) is 0 Å². The van der Waals surface area contributed by atoms with Gasteiger partial charge in [0, 0.05) is 16.6 Å². The Labute approximate surface area is 113 Å². The molecule has 0 heterocycles. The molecule has 18 heavy (non-hydrogen) atoms. The molecule has 1 rings (SSSR count). The van der Waals surface area contributed by atoms with Crippen molar-refractivity contribution < 1.29 is 21.9 Å². The molecule has 0 fully saturated rings. The zero-order valence-corrected chi connectivity index (χ0v) is 11.9. The van der Waals surface area contributed by atoms with E-state index in [-0.39, 0.29) is 5.69 Å². The van der Waals surface area contributed by atoms with E-state index in [4.69, 9.17) is 4.74 Å². The van der Waals surface area contributed by atoms with Gasteiger partial charge in [-0.05, 0) is 25.1 Å². The maximum Gasteiger partial charge on any atom is 0.355 e. The highest BCUT2D eigenvalue weighted by atomic mass is 79.9. The van der Waals surface area contributed by atoms with Gasteiger partial charge in [-0.2, -0.15) is 8.78 Å². The van der Waals surface area contributed by atoms with Crippen molar-refractivity contribution in [3.8, 4) is 5.75 Å². The van der Waals surface area contributed by atoms with Gasteiger partial charge in [-0.3, -0.25) is 4.72 Å². The molecule has 0 aliphatic carbocycles. The molecule has 0 aliphatic heterocycles. The molecule has 8 heteroatoms. The van der Waals surface area contributed by atoms with Gasteiger partial charge in [0.2, 0.25) is 0 Å². The summed E-state index contributed by atoms with van der Waals surface area (Å²) in [5, 5.41) is 0.423. The number of benzene rings is 1. The first-order valence-corrected chi connectivity index (χ1v) is 7.69. The summed E-state index contributed by atoms with van der Waals surface area (Å²) in [7, 11) is -4.64. The number of ether oxygens (including phenoxy) is 1. The van der Waals surface area contributed by atoms with Gasteiger partial charge >= 0.3 is 5.76 Å². The fraction of sp³-hybridized carbons (Fsp3) is 0.400. The molecular weight excluding hydrogens is 332 g/mol. The minimum absolute atomic E-state index is 0.0770. The highest BCUT2D eigenvalue weighted by Gasteiger charge is 2.23. The summed E-state index contributed by atoms with van der Waals surface area (Å²) in [4.78, 5) is 0. The summed E-state index contributed by atoms with van der Waals surface area (Å²) in [6, 6.07) is 4.35. The molecule has 1 aromatic rings. The first kappa shape index (κ1) is 15.2. The number of alkyl halides is 3. The smallest absolute Gasteiger partial charge is 0.355 e. The molecule has 102 valence electrons. The number of hydrogen-bond acceptors (Lipinski definition) is 3. The quantitative estimate of drug-likeness (QED) is 0.808. The Morgan fingerprint density at radius 2 is 2.11 bits per heavy atom. The highest BCUT2D eigenvalue weighted by molar-refractivity contribution is 9.08. The van der Waals surface area contributed by atoms with Crippen LogP contribution in [0.4, 0.5) is 14.5 Å². The lowest BCUT2D eigenvalue weighted by molar-refractivity contribution is 0.236. The van der Waals surface area contributed by atoms with Crippen molar-refractivity contribution in [1.82, 2.24) is 0 Å². The van der Waals surface area contributed by atoms with Crippen molar-refractivity contribution >= 4 is 31.6 Å². The van der Waals surface area contributed by atoms with Gasteiger partial charge in [-0.1, -0.05) is 15.9 Å². The van der Waals surface area contributed by atoms with E-state index in [2.05, 4.69) is 15.9 Å². The number of hydrogen-bond donors (Lipinski definition) is 1. The van der Waals surface area contributed by atoms with Crippen LogP contribution in [-0.2, 0) is 15.4 Å². The van der Waals surface area contributed by atoms with Crippen LogP contribution in [0, 0.1) is 0 Å². The summed E-state index contributed by atoms with van der Waals surface area (Å²) in [6.07, 6.45) is 0. The number of halogens is 3. The van der Waals surface area contributed by atoms with Gasteiger partial charge in [-0.15, -0.1) is 0 Å². The molecule has 4 nitrogen and oxygen atoms in total. The van der Waals surface area contributed by atoms with Crippen molar-refractivity contribution in [1.29, 1.82) is 0 Å². The molecule has 0 aromatic heterocycles. The normalized spacial score (nSPS) is 11.6. The summed E-state index contributed by atoms with van der Waals surface area (Å²) in [6.45, 7) is 2.27. The predicted molar refractivity (Wildman–Crippen MR) is 68.8 cm³/mol. The van der Waals surface area contributed by atoms with Crippen molar-refractivity contribution in [2.75, 3.05) is 11.3 Å². The van der Waals surface area contributed by atoms with Crippen LogP contribution in [0.5, 0.6) is 5.75 Å². The number of nitrogens with one attached hydrogen (secondary N) is 1. The Morgan fingerprint density at radius 1 is 1.44 bits per heavy atom. The Bertz CT molecular complexity index is 508. The van der Waals surface area contributed by atoms with Crippen LogP contribution >= 0.6 is 15.9 Å². The van der Waals surface area contributed by atoms with Crippen molar-refractivity contribution in [2.24, 2.45) is 0 Å². The van der Waals surface area contributed by atoms with E-state index in [0.29, 0.717) is 23.2 Å². The van der Waals surface area contributed by atoms with Crippen LogP contribution in [-0.4, -0.2) is 20.8 Å². The number of anilines is 1. The minimum atomic E-state index is -4.64. The molecule has 0 saturated heterocycles. The molecular formula is C10H12BrF2NO3S. The van der Waals surface area contributed by atoms with Crippen LogP contribution in [0.2, 0.25) is 0 Å². The Kier molecular flexibility index (Phi) is 5.33. The van der Waals surface area contributed by atoms with E-state index >= 15 is 0 Å². The molecule has 0 unspecified atom stereocenters. The molecule has 0 spiro atoms. The summed E-state index contributed by atoms with van der Waals surface area (Å²) in [5.74, 6) is -2.88. The number of rotatable bonds is 6. The third-order valence-electron chi connectivity index (χ3n) is 2.00. The largest absolute Gasteiger partial charge is 0.494 e. The van der Waals surface area contributed by atoms with Gasteiger partial charge in [0.25, 0.3) is 10.0 Å². The molecule has 1 aromatic carbocycles. The average molecular weight is 344 g/mol. The van der Waals surface area contributed by atoms with Crippen LogP contribution in [0.3, 0.4) is 0 Å². The van der Waals surface area contributed by atoms with Crippen LogP contribution in [0.15, 0.2) is 18.2 Å². The van der Waals surface area contributed by atoms with E-state index in [0.717, 1.165) is 0 Å². The van der Waals surface area contributed by atoms with Crippen molar-refractivity contribution in [3.63, 3.8) is 0 Å². The van der Waals surface area contributed by atoms with E-state index in [1.807, 2.05) is 11.6 Å². The Balaban J connectivity index is 2.99. The van der Waals surface area contributed by atoms with Gasteiger partial charge in [0.15, 0.2) is 0 Å². The lowest BCUT2D eigenvalue weighted by atomic mass is 10.2. The topological polar surface area (TPSA) is 55.4 Å². The van der Waals surface area contributed by atoms with Crippen LogP contribution in [0.1, 0.15) is 12.5 Å². The molecule has 0 amide bonds. The lowest BCUT2D eigenvalue weighted by Gasteiger charge is -2.11. The average Bonchev–Trinajstić information content (AvgIpc) is 2.30. The Morgan fingerprint density at radius 3 is 2.61 bits per heavy atom. The fourth-order valence-corrected chi connectivity index (χ4v) is 2.24. The molecule has 0 aliphatic rings. The first-order valence-electron chi connectivity index (χ1n) is 5.02. The third-order valence-corrected chi connectivity index (χ3v) is 3.59. The van der Waals surface area contributed by atoms with Gasteiger partial charge < -0.3 is 4.74 Å². The third kappa shape index (κ3) is 3.81. The van der Waals surface area contributed by atoms with E-state index < -0.39 is 15.8 Å². The first-order chi connectivity index (χ1) is 8.40. The zero-order chi connectivity index (χ0) is 13.8. The monoisotopic (exact) mass is 343 g/mol. The van der Waals surface area contributed by atoms with Gasteiger partial charge in [0.1, 0.15) is 5.75 Å². The van der Waals surface area contributed by atoms with Crippen LogP contribution in [0.25, 0.3) is 0 Å². The second-order valence-corrected chi connectivity index (χ2v) is 5.51. The standard InChI is InChI=1S/C10H12BrF2NO3S/c1-2-17-9-4-3-8(5-7(9)6-11)14-18(15,16)10(12)13/h3-5,10,14H,2,6H2,1H3. The minimum Gasteiger partial charge on any atom is -0.494 e.